The van der Waals surface area contributed by atoms with Gasteiger partial charge in [-0.25, -0.2) is 0 Å². The van der Waals surface area contributed by atoms with E-state index in [1.165, 1.54) is 6.07 Å². The molecule has 1 heterocycles. The van der Waals surface area contributed by atoms with Crippen molar-refractivity contribution in [1.82, 2.24) is 9.78 Å². The van der Waals surface area contributed by atoms with Gasteiger partial charge in [-0.05, 0) is 60.5 Å². The van der Waals surface area contributed by atoms with Gasteiger partial charge in [0.05, 0.1) is 37.1 Å². The van der Waals surface area contributed by atoms with Gasteiger partial charge in [-0.2, -0.15) is 5.10 Å². The summed E-state index contributed by atoms with van der Waals surface area (Å²) in [6.45, 7) is 2.51. The SMILES string of the molecule is CCc1c(-c2ccc(OC)cc2)nn(Cc2cccc([N+](=O)[O-])c2)c1-c1ccc(OC)cc1. The minimum Gasteiger partial charge on any atom is -0.497 e. The summed E-state index contributed by atoms with van der Waals surface area (Å²) in [5.41, 5.74) is 5.84. The van der Waals surface area contributed by atoms with E-state index < -0.39 is 0 Å². The summed E-state index contributed by atoms with van der Waals surface area (Å²) in [7, 11) is 3.28. The lowest BCUT2D eigenvalue weighted by atomic mass is 9.99. The zero-order chi connectivity index (χ0) is 23.4. The Morgan fingerprint density at radius 1 is 0.909 bits per heavy atom. The first-order valence-electron chi connectivity index (χ1n) is 10.7. The molecule has 7 nitrogen and oxygen atoms in total. The number of aromatic nitrogens is 2. The van der Waals surface area contributed by atoms with Crippen molar-refractivity contribution in [3.63, 3.8) is 0 Å². The maximum absolute atomic E-state index is 11.3. The number of nitrogens with zero attached hydrogens (tertiary/aromatic N) is 3. The fourth-order valence-electron chi connectivity index (χ4n) is 3.94. The Labute approximate surface area is 192 Å². The Kier molecular flexibility index (Phi) is 6.40. The highest BCUT2D eigenvalue weighted by molar-refractivity contribution is 5.75. The maximum atomic E-state index is 11.3. The minimum atomic E-state index is -0.378. The van der Waals surface area contributed by atoms with Crippen LogP contribution in [0.5, 0.6) is 11.5 Å². The molecule has 3 aromatic carbocycles. The Hall–Kier alpha value is -4.13. The quantitative estimate of drug-likeness (QED) is 0.256. The lowest BCUT2D eigenvalue weighted by Gasteiger charge is -2.11. The van der Waals surface area contributed by atoms with Gasteiger partial charge in [-0.1, -0.05) is 19.1 Å². The molecule has 0 aliphatic rings. The topological polar surface area (TPSA) is 79.4 Å². The van der Waals surface area contributed by atoms with Crippen LogP contribution in [0.2, 0.25) is 0 Å². The molecule has 0 bridgehead atoms. The maximum Gasteiger partial charge on any atom is 0.269 e. The van der Waals surface area contributed by atoms with E-state index in [0.717, 1.165) is 51.6 Å². The molecular weight excluding hydrogens is 418 g/mol. The van der Waals surface area contributed by atoms with E-state index >= 15 is 0 Å². The summed E-state index contributed by atoms with van der Waals surface area (Å²) in [5.74, 6) is 1.56. The van der Waals surface area contributed by atoms with E-state index in [1.807, 2.05) is 59.3 Å². The highest BCUT2D eigenvalue weighted by Gasteiger charge is 2.20. The summed E-state index contributed by atoms with van der Waals surface area (Å²) in [5, 5.41) is 16.2. The Morgan fingerprint density at radius 2 is 1.52 bits per heavy atom. The third-order valence-electron chi connectivity index (χ3n) is 5.58. The molecule has 33 heavy (non-hydrogen) atoms. The Bertz CT molecular complexity index is 1260. The van der Waals surface area contributed by atoms with E-state index in [2.05, 4.69) is 6.92 Å². The summed E-state index contributed by atoms with van der Waals surface area (Å²) in [4.78, 5) is 10.9. The number of hydrogen-bond acceptors (Lipinski definition) is 5. The van der Waals surface area contributed by atoms with Crippen molar-refractivity contribution in [1.29, 1.82) is 0 Å². The molecule has 0 amide bonds. The van der Waals surface area contributed by atoms with Crippen molar-refractivity contribution in [2.24, 2.45) is 0 Å². The molecule has 0 aliphatic heterocycles. The largest absolute Gasteiger partial charge is 0.497 e. The number of benzene rings is 3. The zero-order valence-electron chi connectivity index (χ0n) is 18.8. The molecule has 0 radical (unpaired) electrons. The second-order valence-corrected chi connectivity index (χ2v) is 7.57. The first kappa shape index (κ1) is 22.1. The van der Waals surface area contributed by atoms with Crippen molar-refractivity contribution in [2.45, 2.75) is 19.9 Å². The van der Waals surface area contributed by atoms with E-state index in [1.54, 1.807) is 26.4 Å². The van der Waals surface area contributed by atoms with Crippen LogP contribution in [0, 0.1) is 10.1 Å². The van der Waals surface area contributed by atoms with E-state index in [9.17, 15) is 10.1 Å². The first-order chi connectivity index (χ1) is 16.0. The average molecular weight is 444 g/mol. The van der Waals surface area contributed by atoms with Gasteiger partial charge in [0.1, 0.15) is 11.5 Å². The van der Waals surface area contributed by atoms with Crippen LogP contribution in [0.3, 0.4) is 0 Å². The average Bonchev–Trinajstić information content (AvgIpc) is 3.22. The standard InChI is InChI=1S/C26H25N3O4/c1-4-24-25(19-8-12-22(32-2)13-9-19)27-28(17-18-6-5-7-21(16-18)29(30)31)26(24)20-10-14-23(33-3)15-11-20/h5-16H,4,17H2,1-3H3. The molecule has 0 aliphatic carbocycles. The molecule has 0 atom stereocenters. The molecule has 0 saturated heterocycles. The summed E-state index contributed by atoms with van der Waals surface area (Å²) in [6, 6.07) is 22.4. The van der Waals surface area contributed by atoms with Crippen molar-refractivity contribution in [3.8, 4) is 34.0 Å². The normalized spacial score (nSPS) is 10.8. The molecule has 4 aromatic rings. The Morgan fingerprint density at radius 3 is 2.06 bits per heavy atom. The van der Waals surface area contributed by atoms with Gasteiger partial charge >= 0.3 is 0 Å². The van der Waals surface area contributed by atoms with Crippen molar-refractivity contribution in [2.75, 3.05) is 14.2 Å². The lowest BCUT2D eigenvalue weighted by Crippen LogP contribution is -2.05. The number of non-ortho nitro benzene ring substituents is 1. The smallest absolute Gasteiger partial charge is 0.269 e. The fourth-order valence-corrected chi connectivity index (χ4v) is 3.94. The van der Waals surface area contributed by atoms with E-state index in [4.69, 9.17) is 14.6 Å². The molecule has 4 rings (SSSR count). The van der Waals surface area contributed by atoms with Crippen LogP contribution < -0.4 is 9.47 Å². The van der Waals surface area contributed by atoms with Gasteiger partial charge < -0.3 is 9.47 Å². The number of rotatable bonds is 8. The first-order valence-corrected chi connectivity index (χ1v) is 10.7. The predicted octanol–water partition coefficient (Wildman–Crippen LogP) is 5.75. The molecular formula is C26H25N3O4. The fraction of sp³-hybridized carbons (Fsp3) is 0.192. The second-order valence-electron chi connectivity index (χ2n) is 7.57. The number of methoxy groups -OCH3 is 2. The molecule has 0 saturated carbocycles. The van der Waals surface area contributed by atoms with Crippen LogP contribution in [0.1, 0.15) is 18.1 Å². The number of nitro benzene ring substituents is 1. The predicted molar refractivity (Wildman–Crippen MR) is 128 cm³/mol. The summed E-state index contributed by atoms with van der Waals surface area (Å²) >= 11 is 0. The van der Waals surface area contributed by atoms with Gasteiger partial charge in [0, 0.05) is 28.8 Å². The number of hydrogen-bond donors (Lipinski definition) is 0. The molecule has 7 heteroatoms. The van der Waals surface area contributed by atoms with Gasteiger partial charge in [0.25, 0.3) is 5.69 Å². The second kappa shape index (κ2) is 9.56. The van der Waals surface area contributed by atoms with Gasteiger partial charge in [0.2, 0.25) is 0 Å². The van der Waals surface area contributed by atoms with Crippen molar-refractivity contribution >= 4 is 5.69 Å². The molecule has 0 fully saturated rings. The zero-order valence-corrected chi connectivity index (χ0v) is 18.8. The molecule has 168 valence electrons. The summed E-state index contributed by atoms with van der Waals surface area (Å²) < 4.78 is 12.5. The molecule has 0 unspecified atom stereocenters. The molecule has 1 aromatic heterocycles. The lowest BCUT2D eigenvalue weighted by molar-refractivity contribution is -0.384. The monoisotopic (exact) mass is 443 g/mol. The van der Waals surface area contributed by atoms with E-state index in [-0.39, 0.29) is 10.6 Å². The Balaban J connectivity index is 1.86. The van der Waals surface area contributed by atoms with Gasteiger partial charge in [-0.3, -0.25) is 14.8 Å². The van der Waals surface area contributed by atoms with Crippen LogP contribution in [0.4, 0.5) is 5.69 Å². The van der Waals surface area contributed by atoms with Crippen LogP contribution >= 0.6 is 0 Å². The number of ether oxygens (including phenoxy) is 2. The third kappa shape index (κ3) is 4.57. The van der Waals surface area contributed by atoms with Crippen LogP contribution in [-0.4, -0.2) is 28.9 Å². The van der Waals surface area contributed by atoms with Gasteiger partial charge in [-0.15, -0.1) is 0 Å². The van der Waals surface area contributed by atoms with Crippen LogP contribution in [0.25, 0.3) is 22.5 Å². The molecule has 0 spiro atoms. The number of nitro groups is 1. The highest BCUT2D eigenvalue weighted by Crippen LogP contribution is 2.35. The van der Waals surface area contributed by atoms with Gasteiger partial charge in [0.15, 0.2) is 0 Å². The van der Waals surface area contributed by atoms with Crippen LogP contribution in [0.15, 0.2) is 72.8 Å². The third-order valence-corrected chi connectivity index (χ3v) is 5.58. The summed E-state index contributed by atoms with van der Waals surface area (Å²) in [6.07, 6.45) is 0.775. The van der Waals surface area contributed by atoms with Crippen LogP contribution in [-0.2, 0) is 13.0 Å². The van der Waals surface area contributed by atoms with Crippen molar-refractivity contribution in [3.05, 3.63) is 94.0 Å². The van der Waals surface area contributed by atoms with Crippen molar-refractivity contribution < 1.29 is 14.4 Å². The minimum absolute atomic E-state index is 0.0664. The molecule has 0 N–H and O–H groups in total. The highest BCUT2D eigenvalue weighted by atomic mass is 16.6. The van der Waals surface area contributed by atoms with E-state index in [0.29, 0.717) is 6.54 Å².